The van der Waals surface area contributed by atoms with Gasteiger partial charge in [0.1, 0.15) is 11.5 Å². The SMILES string of the molecule is c1ccc(-c2ccc(-c3ccc(N(c4ccc(-c5ccccc5)cc4)c4ccc5c(c4)Oc4cccc(-c6ccccc6)c4-c4cc6ccccc6cc4-5)cc3)cc2)cc1. The highest BCUT2D eigenvalue weighted by Gasteiger charge is 2.26. The molecule has 0 fully saturated rings. The van der Waals surface area contributed by atoms with Gasteiger partial charge in [0.2, 0.25) is 0 Å². The molecule has 2 heteroatoms. The minimum absolute atomic E-state index is 0.814. The van der Waals surface area contributed by atoms with E-state index in [-0.39, 0.29) is 0 Å². The molecule has 1 heterocycles. The second-order valence-corrected chi connectivity index (χ2v) is 15.3. The van der Waals surface area contributed by atoms with E-state index in [2.05, 4.69) is 241 Å². The lowest BCUT2D eigenvalue weighted by atomic mass is 9.87. The number of anilines is 3. The van der Waals surface area contributed by atoms with Crippen molar-refractivity contribution in [1.29, 1.82) is 0 Å². The van der Waals surface area contributed by atoms with Crippen molar-refractivity contribution in [1.82, 2.24) is 0 Å². The third kappa shape index (κ3) is 6.51. The number of fused-ring (bicyclic) bond motifs is 6. The summed E-state index contributed by atoms with van der Waals surface area (Å²) in [5.74, 6) is 1.65. The van der Waals surface area contributed by atoms with Crippen LogP contribution in [0.4, 0.5) is 17.1 Å². The van der Waals surface area contributed by atoms with Gasteiger partial charge in [-0.1, -0.05) is 176 Å². The Labute approximate surface area is 350 Å². The molecule has 0 amide bonds. The van der Waals surface area contributed by atoms with Crippen LogP contribution in [0.15, 0.2) is 237 Å². The molecule has 0 radical (unpaired) electrons. The zero-order valence-electron chi connectivity index (χ0n) is 32.9. The van der Waals surface area contributed by atoms with Gasteiger partial charge in [-0.2, -0.15) is 0 Å². The van der Waals surface area contributed by atoms with Crippen LogP contribution in [0, 0.1) is 0 Å². The van der Waals surface area contributed by atoms with Crippen molar-refractivity contribution < 1.29 is 4.74 Å². The number of hydrogen-bond donors (Lipinski definition) is 0. The van der Waals surface area contributed by atoms with Gasteiger partial charge in [-0.3, -0.25) is 0 Å². The maximum Gasteiger partial charge on any atom is 0.137 e. The minimum atomic E-state index is 0.814. The van der Waals surface area contributed by atoms with Gasteiger partial charge in [-0.05, 0) is 121 Å². The summed E-state index contributed by atoms with van der Waals surface area (Å²) in [6, 6.07) is 84.7. The van der Waals surface area contributed by atoms with Crippen LogP contribution in [0.5, 0.6) is 11.5 Å². The Balaban J connectivity index is 1.04. The second kappa shape index (κ2) is 15.1. The van der Waals surface area contributed by atoms with E-state index in [0.717, 1.165) is 67.5 Å². The highest BCUT2D eigenvalue weighted by atomic mass is 16.5. The molecule has 2 nitrogen and oxygen atoms in total. The first-order valence-electron chi connectivity index (χ1n) is 20.5. The van der Waals surface area contributed by atoms with Gasteiger partial charge in [0.05, 0.1) is 0 Å². The van der Waals surface area contributed by atoms with E-state index in [9.17, 15) is 0 Å². The van der Waals surface area contributed by atoms with E-state index in [1.165, 1.54) is 38.6 Å². The molecular weight excluding hydrogens is 727 g/mol. The van der Waals surface area contributed by atoms with Crippen molar-refractivity contribution in [2.24, 2.45) is 0 Å². The van der Waals surface area contributed by atoms with Crippen LogP contribution in [0.1, 0.15) is 0 Å². The molecule has 282 valence electrons. The fraction of sp³-hybridized carbons (Fsp3) is 0. The van der Waals surface area contributed by atoms with Gasteiger partial charge < -0.3 is 9.64 Å². The molecule has 1 aliphatic rings. The lowest BCUT2D eigenvalue weighted by Gasteiger charge is -2.27. The van der Waals surface area contributed by atoms with E-state index in [1.807, 2.05) is 0 Å². The molecule has 60 heavy (non-hydrogen) atoms. The minimum Gasteiger partial charge on any atom is -0.456 e. The molecule has 0 saturated heterocycles. The fourth-order valence-electron chi connectivity index (χ4n) is 8.67. The zero-order valence-corrected chi connectivity index (χ0v) is 32.9. The average molecular weight is 766 g/mol. The molecule has 0 spiro atoms. The van der Waals surface area contributed by atoms with Crippen LogP contribution in [-0.2, 0) is 0 Å². The average Bonchev–Trinajstić information content (AvgIpc) is 3.46. The summed E-state index contributed by atoms with van der Waals surface area (Å²) in [5.41, 5.74) is 17.0. The topological polar surface area (TPSA) is 12.5 Å². The summed E-state index contributed by atoms with van der Waals surface area (Å²) in [4.78, 5) is 2.33. The largest absolute Gasteiger partial charge is 0.456 e. The first-order chi connectivity index (χ1) is 29.7. The molecule has 0 aromatic heterocycles. The quantitative estimate of drug-likeness (QED) is 0.160. The van der Waals surface area contributed by atoms with Gasteiger partial charge >= 0.3 is 0 Å². The number of ether oxygens (including phenoxy) is 1. The first-order valence-corrected chi connectivity index (χ1v) is 20.5. The maximum atomic E-state index is 7.11. The van der Waals surface area contributed by atoms with Crippen molar-refractivity contribution >= 4 is 27.8 Å². The van der Waals surface area contributed by atoms with Crippen molar-refractivity contribution in [3.8, 4) is 78.3 Å². The standard InChI is InChI=1S/C58H39NO/c1-4-13-40(14-5-1)42-23-25-43(26-24-42)45-29-33-50(34-30-45)59(49-31-27-44(28-32-49)41-15-6-2-7-16-41)51-35-36-53-54-37-47-19-10-11-20-48(47)38-55(54)58-52(46-17-8-3-9-18-46)21-12-22-56(58)60-57(53)39-51/h1-39H. The summed E-state index contributed by atoms with van der Waals surface area (Å²) in [7, 11) is 0. The van der Waals surface area contributed by atoms with E-state index in [1.54, 1.807) is 0 Å². The van der Waals surface area contributed by atoms with Gasteiger partial charge in [0.25, 0.3) is 0 Å². The Bertz CT molecular complexity index is 3120. The maximum absolute atomic E-state index is 7.11. The summed E-state index contributed by atoms with van der Waals surface area (Å²) in [6.07, 6.45) is 0. The van der Waals surface area contributed by atoms with Crippen LogP contribution in [0.3, 0.4) is 0 Å². The highest BCUT2D eigenvalue weighted by Crippen LogP contribution is 2.52. The third-order valence-corrected chi connectivity index (χ3v) is 11.7. The van der Waals surface area contributed by atoms with Crippen LogP contribution < -0.4 is 9.64 Å². The molecule has 0 aliphatic carbocycles. The normalized spacial score (nSPS) is 11.5. The van der Waals surface area contributed by atoms with Gasteiger partial charge in [-0.15, -0.1) is 0 Å². The summed E-state index contributed by atoms with van der Waals surface area (Å²) in [5, 5.41) is 2.40. The van der Waals surface area contributed by atoms with Crippen LogP contribution >= 0.6 is 0 Å². The number of rotatable bonds is 7. The molecule has 0 N–H and O–H groups in total. The molecule has 10 aromatic carbocycles. The Morgan fingerprint density at radius 2 is 0.683 bits per heavy atom. The lowest BCUT2D eigenvalue weighted by molar-refractivity contribution is 0.488. The molecule has 0 atom stereocenters. The number of benzene rings is 10. The van der Waals surface area contributed by atoms with Crippen LogP contribution in [0.2, 0.25) is 0 Å². The van der Waals surface area contributed by atoms with Crippen molar-refractivity contribution in [2.75, 3.05) is 4.90 Å². The second-order valence-electron chi connectivity index (χ2n) is 15.3. The lowest BCUT2D eigenvalue weighted by Crippen LogP contribution is -2.10. The molecule has 0 unspecified atom stereocenters. The predicted molar refractivity (Wildman–Crippen MR) is 251 cm³/mol. The molecule has 1 aliphatic heterocycles. The smallest absolute Gasteiger partial charge is 0.137 e. The molecule has 0 bridgehead atoms. The van der Waals surface area contributed by atoms with Crippen LogP contribution in [-0.4, -0.2) is 0 Å². The third-order valence-electron chi connectivity index (χ3n) is 11.7. The fourth-order valence-corrected chi connectivity index (χ4v) is 8.67. The zero-order chi connectivity index (χ0) is 39.8. The highest BCUT2D eigenvalue weighted by molar-refractivity contribution is 6.03. The Morgan fingerprint density at radius 1 is 0.250 bits per heavy atom. The van der Waals surface area contributed by atoms with Gasteiger partial charge in [0.15, 0.2) is 0 Å². The van der Waals surface area contributed by atoms with E-state index in [0.29, 0.717) is 0 Å². The number of nitrogens with zero attached hydrogens (tertiary/aromatic N) is 1. The van der Waals surface area contributed by atoms with Crippen molar-refractivity contribution in [3.63, 3.8) is 0 Å². The van der Waals surface area contributed by atoms with Crippen molar-refractivity contribution in [2.45, 2.75) is 0 Å². The summed E-state index contributed by atoms with van der Waals surface area (Å²) >= 11 is 0. The monoisotopic (exact) mass is 765 g/mol. The van der Waals surface area contributed by atoms with Crippen molar-refractivity contribution in [3.05, 3.63) is 237 Å². The van der Waals surface area contributed by atoms with Gasteiger partial charge in [-0.25, -0.2) is 0 Å². The van der Waals surface area contributed by atoms with E-state index < -0.39 is 0 Å². The predicted octanol–water partition coefficient (Wildman–Crippen LogP) is 16.4. The Morgan fingerprint density at radius 3 is 1.22 bits per heavy atom. The van der Waals surface area contributed by atoms with Gasteiger partial charge in [0, 0.05) is 34.3 Å². The Kier molecular flexibility index (Phi) is 8.87. The molecule has 0 saturated carbocycles. The molecule has 10 aromatic rings. The first kappa shape index (κ1) is 35.2. The summed E-state index contributed by atoms with van der Waals surface area (Å²) in [6.45, 7) is 0. The molecular formula is C58H39NO. The van der Waals surface area contributed by atoms with E-state index in [4.69, 9.17) is 4.74 Å². The van der Waals surface area contributed by atoms with Crippen LogP contribution in [0.25, 0.3) is 77.5 Å². The van der Waals surface area contributed by atoms with E-state index >= 15 is 0 Å². The molecule has 11 rings (SSSR count). The Hall–Kier alpha value is -7.94. The summed E-state index contributed by atoms with van der Waals surface area (Å²) < 4.78 is 7.11. The number of hydrogen-bond acceptors (Lipinski definition) is 2.